The van der Waals surface area contributed by atoms with E-state index in [-0.39, 0.29) is 29.4 Å². The molecule has 1 N–H and O–H groups in total. The molecule has 0 aliphatic heterocycles. The van der Waals surface area contributed by atoms with Gasteiger partial charge in [-0.15, -0.1) is 0 Å². The first-order chi connectivity index (χ1) is 14.6. The quantitative estimate of drug-likeness (QED) is 0.539. The fourth-order valence-electron chi connectivity index (χ4n) is 3.17. The number of nitrogens with one attached hydrogen (secondary N) is 1. The molecule has 2 aromatic carbocycles. The van der Waals surface area contributed by atoms with Crippen molar-refractivity contribution >= 4 is 38.2 Å². The molecule has 0 saturated carbocycles. The van der Waals surface area contributed by atoms with Gasteiger partial charge in [-0.3, -0.25) is 9.59 Å². The molecule has 1 heterocycles. The third-order valence-corrected chi connectivity index (χ3v) is 7.12. The Labute approximate surface area is 183 Å². The molecular weight excluding hydrogens is 445 g/mol. The van der Waals surface area contributed by atoms with E-state index in [4.69, 9.17) is 11.6 Å². The number of carbonyl (C=O) groups excluding carboxylic acids is 1. The van der Waals surface area contributed by atoms with Crippen LogP contribution in [-0.4, -0.2) is 41.0 Å². The van der Waals surface area contributed by atoms with Crippen LogP contribution in [0.15, 0.2) is 52.2 Å². The van der Waals surface area contributed by atoms with E-state index in [1.165, 1.54) is 11.8 Å². The normalized spacial score (nSPS) is 12.6. The Hall–Kier alpha value is -2.78. The highest BCUT2D eigenvalue weighted by molar-refractivity contribution is 7.92. The molecular formula is C21H21ClFN3O4S. The van der Waals surface area contributed by atoms with Gasteiger partial charge in [0.15, 0.2) is 9.84 Å². The number of amides is 1. The first kappa shape index (κ1) is 22.9. The summed E-state index contributed by atoms with van der Waals surface area (Å²) in [4.78, 5) is 33.6. The lowest BCUT2D eigenvalue weighted by Gasteiger charge is -2.25. The smallest absolute Gasteiger partial charge is 0.258 e. The number of carbonyl (C=O) groups is 1. The number of sulfone groups is 1. The molecule has 0 bridgehead atoms. The summed E-state index contributed by atoms with van der Waals surface area (Å²) >= 11 is 5.98. The second-order valence-electron chi connectivity index (χ2n) is 7.08. The molecule has 7 nitrogen and oxygen atoms in total. The Bertz CT molecular complexity index is 1280. The molecule has 10 heteroatoms. The Morgan fingerprint density at radius 3 is 2.55 bits per heavy atom. The van der Waals surface area contributed by atoms with E-state index in [2.05, 4.69) is 9.97 Å². The zero-order valence-electron chi connectivity index (χ0n) is 16.9. The summed E-state index contributed by atoms with van der Waals surface area (Å²) in [6, 6.07) is 9.00. The number of benzene rings is 2. The molecule has 1 aromatic heterocycles. The first-order valence-corrected chi connectivity index (χ1v) is 11.5. The standard InChI is InChI=1S/C21H21ClFN3O4S/c1-3-10-26(12-19-24-18-11-14(22)4-9-17(18)20(27)25-19)21(28)13(2)31(29,30)16-7-5-15(23)6-8-16/h4-9,11,13H,3,10,12H2,1-2H3,(H,24,25,27). The summed E-state index contributed by atoms with van der Waals surface area (Å²) in [7, 11) is -4.03. The molecule has 1 amide bonds. The fraction of sp³-hybridized carbons (Fsp3) is 0.286. The highest BCUT2D eigenvalue weighted by Crippen LogP contribution is 2.20. The predicted octanol–water partition coefficient (Wildman–Crippen LogP) is 3.32. The third-order valence-electron chi connectivity index (χ3n) is 4.82. The van der Waals surface area contributed by atoms with E-state index in [0.29, 0.717) is 22.3 Å². The van der Waals surface area contributed by atoms with Crippen molar-refractivity contribution in [1.82, 2.24) is 14.9 Å². The van der Waals surface area contributed by atoms with Crippen LogP contribution in [0.2, 0.25) is 5.02 Å². The second kappa shape index (κ2) is 9.15. The Morgan fingerprint density at radius 1 is 1.23 bits per heavy atom. The van der Waals surface area contributed by atoms with E-state index in [0.717, 1.165) is 24.3 Å². The molecule has 0 aliphatic rings. The maximum absolute atomic E-state index is 13.2. The van der Waals surface area contributed by atoms with Gasteiger partial charge in [0.05, 0.1) is 22.3 Å². The topological polar surface area (TPSA) is 100 Å². The van der Waals surface area contributed by atoms with E-state index in [1.807, 2.05) is 6.92 Å². The monoisotopic (exact) mass is 465 g/mol. The van der Waals surface area contributed by atoms with Gasteiger partial charge in [-0.2, -0.15) is 0 Å². The van der Waals surface area contributed by atoms with Gasteiger partial charge in [-0.1, -0.05) is 18.5 Å². The number of hydrogen-bond acceptors (Lipinski definition) is 5. The Balaban J connectivity index is 1.91. The zero-order chi connectivity index (χ0) is 22.8. The number of H-pyrrole nitrogens is 1. The lowest BCUT2D eigenvalue weighted by atomic mass is 10.2. The SMILES string of the molecule is CCCN(Cc1nc2cc(Cl)ccc2c(=O)[nH]1)C(=O)C(C)S(=O)(=O)c1ccc(F)cc1. The van der Waals surface area contributed by atoms with Crippen LogP contribution in [0, 0.1) is 5.82 Å². The van der Waals surface area contributed by atoms with Crippen molar-refractivity contribution in [3.05, 3.63) is 69.5 Å². The lowest BCUT2D eigenvalue weighted by Crippen LogP contribution is -2.42. The fourth-order valence-corrected chi connectivity index (χ4v) is 4.68. The number of aromatic amines is 1. The molecule has 31 heavy (non-hydrogen) atoms. The van der Waals surface area contributed by atoms with Crippen LogP contribution >= 0.6 is 11.6 Å². The Morgan fingerprint density at radius 2 is 1.90 bits per heavy atom. The third kappa shape index (κ3) is 4.94. The number of rotatable bonds is 7. The molecule has 0 spiro atoms. The van der Waals surface area contributed by atoms with Crippen LogP contribution in [-0.2, 0) is 21.2 Å². The molecule has 164 valence electrons. The van der Waals surface area contributed by atoms with Gasteiger partial charge in [-0.05, 0) is 55.8 Å². The van der Waals surface area contributed by atoms with E-state index in [9.17, 15) is 22.4 Å². The van der Waals surface area contributed by atoms with Crippen molar-refractivity contribution in [3.63, 3.8) is 0 Å². The van der Waals surface area contributed by atoms with Crippen LogP contribution in [0.5, 0.6) is 0 Å². The number of nitrogens with zero attached hydrogens (tertiary/aromatic N) is 2. The minimum atomic E-state index is -4.03. The molecule has 0 saturated heterocycles. The number of aromatic nitrogens is 2. The largest absolute Gasteiger partial charge is 0.334 e. The summed E-state index contributed by atoms with van der Waals surface area (Å²) in [5, 5.41) is -0.628. The van der Waals surface area contributed by atoms with Gasteiger partial charge in [0.25, 0.3) is 5.56 Å². The highest BCUT2D eigenvalue weighted by atomic mass is 35.5. The average molecular weight is 466 g/mol. The van der Waals surface area contributed by atoms with Gasteiger partial charge in [-0.25, -0.2) is 17.8 Å². The van der Waals surface area contributed by atoms with Gasteiger partial charge in [0, 0.05) is 11.6 Å². The molecule has 0 radical (unpaired) electrons. The summed E-state index contributed by atoms with van der Waals surface area (Å²) in [6.07, 6.45) is 0.568. The number of halogens is 2. The molecule has 1 atom stereocenters. The van der Waals surface area contributed by atoms with Crippen molar-refractivity contribution < 1.29 is 17.6 Å². The van der Waals surface area contributed by atoms with Crippen LogP contribution < -0.4 is 5.56 Å². The Kier molecular flexibility index (Phi) is 6.76. The summed E-state index contributed by atoms with van der Waals surface area (Å²) in [5.41, 5.74) is -0.00493. The maximum atomic E-state index is 13.2. The predicted molar refractivity (Wildman–Crippen MR) is 116 cm³/mol. The molecule has 0 fully saturated rings. The number of hydrogen-bond donors (Lipinski definition) is 1. The van der Waals surface area contributed by atoms with Crippen LogP contribution in [0.3, 0.4) is 0 Å². The highest BCUT2D eigenvalue weighted by Gasteiger charge is 2.33. The van der Waals surface area contributed by atoms with Crippen molar-refractivity contribution in [2.75, 3.05) is 6.54 Å². The summed E-state index contributed by atoms with van der Waals surface area (Å²) in [6.45, 7) is 3.32. The molecule has 3 rings (SSSR count). The molecule has 1 unspecified atom stereocenters. The van der Waals surface area contributed by atoms with Gasteiger partial charge in [0.2, 0.25) is 5.91 Å². The second-order valence-corrected chi connectivity index (χ2v) is 9.78. The van der Waals surface area contributed by atoms with Crippen molar-refractivity contribution in [2.24, 2.45) is 0 Å². The molecule has 0 aliphatic carbocycles. The maximum Gasteiger partial charge on any atom is 0.258 e. The first-order valence-electron chi connectivity index (χ1n) is 9.60. The lowest BCUT2D eigenvalue weighted by molar-refractivity contribution is -0.131. The van der Waals surface area contributed by atoms with Gasteiger partial charge in [0.1, 0.15) is 16.9 Å². The molecule has 3 aromatic rings. The van der Waals surface area contributed by atoms with E-state index in [1.54, 1.807) is 18.2 Å². The van der Waals surface area contributed by atoms with Crippen molar-refractivity contribution in [2.45, 2.75) is 37.0 Å². The average Bonchev–Trinajstić information content (AvgIpc) is 2.72. The van der Waals surface area contributed by atoms with E-state index < -0.39 is 26.8 Å². The van der Waals surface area contributed by atoms with E-state index >= 15 is 0 Å². The minimum Gasteiger partial charge on any atom is -0.334 e. The summed E-state index contributed by atoms with van der Waals surface area (Å²) < 4.78 is 38.9. The van der Waals surface area contributed by atoms with Gasteiger partial charge >= 0.3 is 0 Å². The van der Waals surface area contributed by atoms with Crippen molar-refractivity contribution in [3.8, 4) is 0 Å². The van der Waals surface area contributed by atoms with Crippen LogP contribution in [0.25, 0.3) is 10.9 Å². The number of fused-ring (bicyclic) bond motifs is 1. The zero-order valence-corrected chi connectivity index (χ0v) is 18.5. The minimum absolute atomic E-state index is 0.0757. The van der Waals surface area contributed by atoms with Crippen molar-refractivity contribution in [1.29, 1.82) is 0 Å². The van der Waals surface area contributed by atoms with Gasteiger partial charge < -0.3 is 9.88 Å². The summed E-state index contributed by atoms with van der Waals surface area (Å²) in [5.74, 6) is -0.995. The van der Waals surface area contributed by atoms with Crippen LogP contribution in [0.1, 0.15) is 26.1 Å². The van der Waals surface area contributed by atoms with Crippen LogP contribution in [0.4, 0.5) is 4.39 Å².